The molecule has 1 saturated heterocycles. The van der Waals surface area contributed by atoms with Crippen molar-refractivity contribution < 1.29 is 0 Å². The second-order valence-electron chi connectivity index (χ2n) is 6.31. The number of nitrogens with zero attached hydrogens (tertiary/aromatic N) is 1. The van der Waals surface area contributed by atoms with Crippen LogP contribution in [0, 0.1) is 11.3 Å². The highest BCUT2D eigenvalue weighted by atomic mass is 15.2. The molecule has 1 atom stereocenters. The van der Waals surface area contributed by atoms with Crippen LogP contribution in [0.2, 0.25) is 0 Å². The Balaban J connectivity index is 1.88. The molecule has 1 unspecified atom stereocenters. The minimum Gasteiger partial charge on any atom is -0.329 e. The average molecular weight is 238 g/mol. The van der Waals surface area contributed by atoms with Crippen molar-refractivity contribution in [3.05, 3.63) is 0 Å². The van der Waals surface area contributed by atoms with Crippen LogP contribution >= 0.6 is 0 Å². The van der Waals surface area contributed by atoms with Crippen molar-refractivity contribution >= 4 is 0 Å². The van der Waals surface area contributed by atoms with Crippen molar-refractivity contribution in [1.82, 2.24) is 4.90 Å². The number of rotatable bonds is 5. The van der Waals surface area contributed by atoms with Crippen LogP contribution in [0.4, 0.5) is 0 Å². The maximum absolute atomic E-state index is 6.04. The van der Waals surface area contributed by atoms with Gasteiger partial charge in [0.05, 0.1) is 0 Å². The summed E-state index contributed by atoms with van der Waals surface area (Å²) in [6, 6.07) is 0.682. The molecule has 2 aliphatic rings. The molecule has 0 bridgehead atoms. The third-order valence-corrected chi connectivity index (χ3v) is 5.48. The first-order valence-corrected chi connectivity index (χ1v) is 7.69. The lowest BCUT2D eigenvalue weighted by Crippen LogP contribution is -2.62. The van der Waals surface area contributed by atoms with E-state index in [-0.39, 0.29) is 0 Å². The Morgan fingerprint density at radius 1 is 1.12 bits per heavy atom. The van der Waals surface area contributed by atoms with Crippen molar-refractivity contribution in [1.29, 1.82) is 0 Å². The van der Waals surface area contributed by atoms with E-state index in [1.807, 2.05) is 0 Å². The van der Waals surface area contributed by atoms with Crippen LogP contribution in [0.5, 0.6) is 0 Å². The summed E-state index contributed by atoms with van der Waals surface area (Å²) in [7, 11) is 0. The van der Waals surface area contributed by atoms with Crippen molar-refractivity contribution in [2.24, 2.45) is 17.1 Å². The molecule has 2 rings (SSSR count). The SMILES string of the molecule is CCC1(CC)CN(C(CN)C2CCCCC2)C1. The Labute approximate surface area is 107 Å². The van der Waals surface area contributed by atoms with Gasteiger partial charge in [-0.25, -0.2) is 0 Å². The van der Waals surface area contributed by atoms with Crippen molar-refractivity contribution in [2.45, 2.75) is 64.8 Å². The second kappa shape index (κ2) is 5.71. The minimum atomic E-state index is 0.627. The molecule has 100 valence electrons. The number of nitrogens with two attached hydrogens (primary N) is 1. The fraction of sp³-hybridized carbons (Fsp3) is 1.00. The van der Waals surface area contributed by atoms with Crippen LogP contribution in [0.3, 0.4) is 0 Å². The van der Waals surface area contributed by atoms with Crippen LogP contribution in [0.1, 0.15) is 58.8 Å². The highest BCUT2D eigenvalue weighted by molar-refractivity contribution is 4.98. The smallest absolute Gasteiger partial charge is 0.0247 e. The Morgan fingerprint density at radius 3 is 2.18 bits per heavy atom. The van der Waals surface area contributed by atoms with E-state index < -0.39 is 0 Å². The molecule has 2 N–H and O–H groups in total. The lowest BCUT2D eigenvalue weighted by molar-refractivity contribution is -0.0547. The van der Waals surface area contributed by atoms with E-state index in [0.29, 0.717) is 11.5 Å². The Hall–Kier alpha value is -0.0800. The van der Waals surface area contributed by atoms with E-state index in [1.165, 1.54) is 58.0 Å². The molecule has 1 saturated carbocycles. The van der Waals surface area contributed by atoms with Gasteiger partial charge in [-0.3, -0.25) is 4.90 Å². The van der Waals surface area contributed by atoms with E-state index in [0.717, 1.165) is 12.5 Å². The van der Waals surface area contributed by atoms with Gasteiger partial charge in [0.1, 0.15) is 0 Å². The fourth-order valence-corrected chi connectivity index (χ4v) is 3.91. The third kappa shape index (κ3) is 2.68. The molecule has 0 aromatic heterocycles. The highest BCUT2D eigenvalue weighted by Gasteiger charge is 2.44. The molecule has 2 fully saturated rings. The summed E-state index contributed by atoms with van der Waals surface area (Å²) < 4.78 is 0. The molecule has 1 aliphatic carbocycles. The van der Waals surface area contributed by atoms with Crippen molar-refractivity contribution in [2.75, 3.05) is 19.6 Å². The standard InChI is InChI=1S/C15H30N2/c1-3-15(4-2)11-17(12-15)14(10-16)13-8-6-5-7-9-13/h13-14H,3-12,16H2,1-2H3. The Kier molecular flexibility index (Phi) is 4.48. The Morgan fingerprint density at radius 2 is 1.71 bits per heavy atom. The monoisotopic (exact) mass is 238 g/mol. The molecule has 0 amide bonds. The molecular formula is C15H30N2. The summed E-state index contributed by atoms with van der Waals surface area (Å²) >= 11 is 0. The van der Waals surface area contributed by atoms with Crippen LogP contribution < -0.4 is 5.73 Å². The molecule has 1 aliphatic heterocycles. The minimum absolute atomic E-state index is 0.627. The topological polar surface area (TPSA) is 29.3 Å². The van der Waals surface area contributed by atoms with Gasteiger partial charge < -0.3 is 5.73 Å². The molecule has 2 nitrogen and oxygen atoms in total. The van der Waals surface area contributed by atoms with Crippen LogP contribution in [-0.4, -0.2) is 30.6 Å². The number of likely N-dealkylation sites (tertiary alicyclic amines) is 1. The number of hydrogen-bond acceptors (Lipinski definition) is 2. The zero-order valence-corrected chi connectivity index (χ0v) is 11.8. The third-order valence-electron chi connectivity index (χ3n) is 5.48. The normalized spacial score (nSPS) is 27.7. The lowest BCUT2D eigenvalue weighted by Gasteiger charge is -2.55. The highest BCUT2D eigenvalue weighted by Crippen LogP contribution is 2.41. The molecule has 1 heterocycles. The first kappa shape index (κ1) is 13.4. The fourth-order valence-electron chi connectivity index (χ4n) is 3.91. The van der Waals surface area contributed by atoms with Crippen LogP contribution in [-0.2, 0) is 0 Å². The predicted molar refractivity (Wildman–Crippen MR) is 74.0 cm³/mol. The van der Waals surface area contributed by atoms with Gasteiger partial charge in [-0.15, -0.1) is 0 Å². The summed E-state index contributed by atoms with van der Waals surface area (Å²) in [5.74, 6) is 0.889. The van der Waals surface area contributed by atoms with Gasteiger partial charge in [0.25, 0.3) is 0 Å². The molecule has 2 heteroatoms. The molecule has 0 aromatic carbocycles. The quantitative estimate of drug-likeness (QED) is 0.798. The largest absolute Gasteiger partial charge is 0.329 e. The first-order valence-electron chi connectivity index (χ1n) is 7.69. The summed E-state index contributed by atoms with van der Waals surface area (Å²) in [4.78, 5) is 2.68. The molecule has 0 spiro atoms. The van der Waals surface area contributed by atoms with Crippen molar-refractivity contribution in [3.8, 4) is 0 Å². The van der Waals surface area contributed by atoms with Crippen molar-refractivity contribution in [3.63, 3.8) is 0 Å². The van der Waals surface area contributed by atoms with Gasteiger partial charge in [0.15, 0.2) is 0 Å². The maximum Gasteiger partial charge on any atom is 0.0247 e. The molecule has 0 aromatic rings. The van der Waals surface area contributed by atoms with Gasteiger partial charge in [-0.05, 0) is 37.0 Å². The lowest BCUT2D eigenvalue weighted by atomic mass is 9.72. The van der Waals surface area contributed by atoms with E-state index in [2.05, 4.69) is 18.7 Å². The molecule has 17 heavy (non-hydrogen) atoms. The summed E-state index contributed by atoms with van der Waals surface area (Å²) in [5, 5.41) is 0. The van der Waals surface area contributed by atoms with E-state index >= 15 is 0 Å². The maximum atomic E-state index is 6.04. The summed E-state index contributed by atoms with van der Waals surface area (Å²) in [6.45, 7) is 8.17. The second-order valence-corrected chi connectivity index (χ2v) is 6.31. The first-order chi connectivity index (χ1) is 8.24. The zero-order valence-electron chi connectivity index (χ0n) is 11.8. The summed E-state index contributed by atoms with van der Waals surface area (Å²) in [6.07, 6.45) is 9.82. The van der Waals surface area contributed by atoms with Gasteiger partial charge in [0, 0.05) is 25.7 Å². The van der Waals surface area contributed by atoms with Crippen LogP contribution in [0.25, 0.3) is 0 Å². The van der Waals surface area contributed by atoms with E-state index in [1.54, 1.807) is 0 Å². The van der Waals surface area contributed by atoms with Gasteiger partial charge >= 0.3 is 0 Å². The molecular weight excluding hydrogens is 208 g/mol. The van der Waals surface area contributed by atoms with E-state index in [9.17, 15) is 0 Å². The van der Waals surface area contributed by atoms with E-state index in [4.69, 9.17) is 5.73 Å². The van der Waals surface area contributed by atoms with Gasteiger partial charge in [0.2, 0.25) is 0 Å². The summed E-state index contributed by atoms with van der Waals surface area (Å²) in [5.41, 5.74) is 6.67. The Bertz CT molecular complexity index is 221. The molecule has 0 radical (unpaired) electrons. The van der Waals surface area contributed by atoms with Crippen LogP contribution in [0.15, 0.2) is 0 Å². The predicted octanol–water partition coefficient (Wildman–Crippen LogP) is 3.02. The number of hydrogen-bond donors (Lipinski definition) is 1. The zero-order chi connectivity index (χ0) is 12.3. The van der Waals surface area contributed by atoms with Gasteiger partial charge in [-0.2, -0.15) is 0 Å². The average Bonchev–Trinajstić information content (AvgIpc) is 2.34. The van der Waals surface area contributed by atoms with Gasteiger partial charge in [-0.1, -0.05) is 33.1 Å².